The molecule has 0 fully saturated rings. The molecular weight excluding hydrogens is 154 g/mol. The van der Waals surface area contributed by atoms with E-state index in [1.165, 1.54) is 17.0 Å². The first-order valence-corrected chi connectivity index (χ1v) is 5.05. The molecule has 1 aromatic rings. The molecule has 1 aromatic heterocycles. The van der Waals surface area contributed by atoms with Crippen molar-refractivity contribution in [1.82, 2.24) is 4.98 Å². The molecule has 0 aliphatic carbocycles. The molecule has 0 unspecified atom stereocenters. The molecule has 0 N–H and O–H groups in total. The average Bonchev–Trinajstić information content (AvgIpc) is 2.04. The number of aromatic nitrogens is 1. The minimum atomic E-state index is 1.15. The summed E-state index contributed by atoms with van der Waals surface area (Å²) >= 11 is 2.00. The van der Waals surface area contributed by atoms with Crippen molar-refractivity contribution < 1.29 is 0 Å². The normalized spacial score (nSPS) is 16.1. The van der Waals surface area contributed by atoms with Gasteiger partial charge in [-0.25, -0.2) is 0 Å². The molecular formula is C9H11NS. The van der Waals surface area contributed by atoms with Crippen LogP contribution in [-0.4, -0.2) is 10.7 Å². The Balaban J connectivity index is 2.43. The van der Waals surface area contributed by atoms with Crippen LogP contribution in [0.2, 0.25) is 0 Å². The van der Waals surface area contributed by atoms with Gasteiger partial charge >= 0.3 is 0 Å². The summed E-state index contributed by atoms with van der Waals surface area (Å²) < 4.78 is 0. The van der Waals surface area contributed by atoms with Gasteiger partial charge in [0.1, 0.15) is 0 Å². The maximum absolute atomic E-state index is 4.50. The molecule has 11 heavy (non-hydrogen) atoms. The minimum Gasteiger partial charge on any atom is -0.258 e. The predicted molar refractivity (Wildman–Crippen MR) is 48.8 cm³/mol. The molecule has 0 spiro atoms. The van der Waals surface area contributed by atoms with Crippen LogP contribution in [0.4, 0.5) is 0 Å². The molecule has 1 aliphatic heterocycles. The lowest BCUT2D eigenvalue weighted by Gasteiger charge is -2.13. The van der Waals surface area contributed by atoms with Crippen molar-refractivity contribution in [3.05, 3.63) is 29.1 Å². The summed E-state index contributed by atoms with van der Waals surface area (Å²) in [6.45, 7) is 2.06. The average molecular weight is 165 g/mol. The Bertz CT molecular complexity index is 270. The Morgan fingerprint density at radius 1 is 1.45 bits per heavy atom. The first-order chi connectivity index (χ1) is 5.36. The van der Waals surface area contributed by atoms with E-state index in [-0.39, 0.29) is 0 Å². The second-order valence-electron chi connectivity index (χ2n) is 2.86. The topological polar surface area (TPSA) is 12.9 Å². The zero-order valence-corrected chi connectivity index (χ0v) is 7.45. The van der Waals surface area contributed by atoms with E-state index in [4.69, 9.17) is 0 Å². The Morgan fingerprint density at radius 3 is 3.27 bits per heavy atom. The number of hydrogen-bond acceptors (Lipinski definition) is 2. The van der Waals surface area contributed by atoms with Gasteiger partial charge in [0.05, 0.1) is 0 Å². The third kappa shape index (κ3) is 1.41. The van der Waals surface area contributed by atoms with E-state index in [9.17, 15) is 0 Å². The van der Waals surface area contributed by atoms with Crippen LogP contribution in [0.5, 0.6) is 0 Å². The molecule has 2 heterocycles. The van der Waals surface area contributed by atoms with Crippen LogP contribution in [0.25, 0.3) is 0 Å². The summed E-state index contributed by atoms with van der Waals surface area (Å²) in [6.07, 6.45) is 1.15. The van der Waals surface area contributed by atoms with Gasteiger partial charge in [-0.15, -0.1) is 0 Å². The highest BCUT2D eigenvalue weighted by Crippen LogP contribution is 2.22. The lowest BCUT2D eigenvalue weighted by Crippen LogP contribution is -2.05. The molecule has 0 saturated carbocycles. The van der Waals surface area contributed by atoms with E-state index < -0.39 is 0 Å². The molecule has 0 bridgehead atoms. The largest absolute Gasteiger partial charge is 0.258 e. The fraction of sp³-hybridized carbons (Fsp3) is 0.444. The summed E-state index contributed by atoms with van der Waals surface area (Å²) in [5.41, 5.74) is 3.91. The molecule has 0 aromatic carbocycles. The summed E-state index contributed by atoms with van der Waals surface area (Å²) in [6, 6.07) is 4.31. The number of fused-ring (bicyclic) bond motifs is 1. The second kappa shape index (κ2) is 2.86. The van der Waals surface area contributed by atoms with Crippen molar-refractivity contribution in [3.8, 4) is 0 Å². The monoisotopic (exact) mass is 165 g/mol. The van der Waals surface area contributed by atoms with Crippen LogP contribution < -0.4 is 0 Å². The molecule has 2 rings (SSSR count). The van der Waals surface area contributed by atoms with Crippen LogP contribution >= 0.6 is 11.8 Å². The van der Waals surface area contributed by atoms with Gasteiger partial charge in [0.2, 0.25) is 0 Å². The Hall–Kier alpha value is -0.500. The van der Waals surface area contributed by atoms with Gasteiger partial charge in [-0.2, -0.15) is 11.8 Å². The maximum atomic E-state index is 4.50. The van der Waals surface area contributed by atoms with E-state index in [0.717, 1.165) is 17.9 Å². The van der Waals surface area contributed by atoms with E-state index in [2.05, 4.69) is 24.0 Å². The van der Waals surface area contributed by atoms with Crippen LogP contribution in [0, 0.1) is 6.92 Å². The van der Waals surface area contributed by atoms with Crippen molar-refractivity contribution in [2.24, 2.45) is 0 Å². The van der Waals surface area contributed by atoms with Gasteiger partial charge in [0, 0.05) is 17.1 Å². The summed E-state index contributed by atoms with van der Waals surface area (Å²) in [5.74, 6) is 2.39. The molecule has 1 nitrogen and oxygen atoms in total. The summed E-state index contributed by atoms with van der Waals surface area (Å²) in [4.78, 5) is 4.50. The van der Waals surface area contributed by atoms with Crippen molar-refractivity contribution in [2.45, 2.75) is 19.1 Å². The fourth-order valence-electron chi connectivity index (χ4n) is 1.34. The molecule has 58 valence electrons. The molecule has 0 radical (unpaired) electrons. The highest BCUT2D eigenvalue weighted by atomic mass is 32.2. The molecule has 0 atom stereocenters. The number of nitrogens with zero attached hydrogens (tertiary/aromatic N) is 1. The van der Waals surface area contributed by atoms with Crippen LogP contribution in [0.3, 0.4) is 0 Å². The van der Waals surface area contributed by atoms with Gasteiger partial charge in [0.25, 0.3) is 0 Å². The minimum absolute atomic E-state index is 1.15. The zero-order chi connectivity index (χ0) is 7.68. The SMILES string of the molecule is Cc1ccc2c(n1)CCSC2. The Kier molecular flexibility index (Phi) is 1.86. The number of rotatable bonds is 0. The quantitative estimate of drug-likeness (QED) is 0.584. The van der Waals surface area contributed by atoms with Gasteiger partial charge in [0.15, 0.2) is 0 Å². The molecule has 1 aliphatic rings. The molecule has 2 heteroatoms. The Morgan fingerprint density at radius 2 is 2.36 bits per heavy atom. The third-order valence-corrected chi connectivity index (χ3v) is 2.96. The van der Waals surface area contributed by atoms with Crippen molar-refractivity contribution >= 4 is 11.8 Å². The summed E-state index contributed by atoms with van der Waals surface area (Å²) in [5, 5.41) is 0. The van der Waals surface area contributed by atoms with Gasteiger partial charge in [-0.3, -0.25) is 4.98 Å². The second-order valence-corrected chi connectivity index (χ2v) is 3.97. The number of thioether (sulfide) groups is 1. The van der Waals surface area contributed by atoms with Gasteiger partial charge < -0.3 is 0 Å². The van der Waals surface area contributed by atoms with Crippen LogP contribution in [-0.2, 0) is 12.2 Å². The molecule has 0 saturated heterocycles. The first-order valence-electron chi connectivity index (χ1n) is 3.89. The van der Waals surface area contributed by atoms with Gasteiger partial charge in [-0.05, 0) is 30.7 Å². The maximum Gasteiger partial charge on any atom is 0.0455 e. The number of aryl methyl sites for hydroxylation is 2. The van der Waals surface area contributed by atoms with Crippen molar-refractivity contribution in [2.75, 3.05) is 5.75 Å². The smallest absolute Gasteiger partial charge is 0.0455 e. The lowest BCUT2D eigenvalue weighted by atomic mass is 10.1. The zero-order valence-electron chi connectivity index (χ0n) is 6.63. The van der Waals surface area contributed by atoms with E-state index >= 15 is 0 Å². The predicted octanol–water partition coefficient (Wildman–Crippen LogP) is 2.18. The standard InChI is InChI=1S/C9H11NS/c1-7-2-3-8-6-11-5-4-9(8)10-7/h2-3H,4-6H2,1H3. The van der Waals surface area contributed by atoms with Crippen molar-refractivity contribution in [1.29, 1.82) is 0 Å². The van der Waals surface area contributed by atoms with E-state index in [1.807, 2.05) is 11.8 Å². The fourth-order valence-corrected chi connectivity index (χ4v) is 2.30. The van der Waals surface area contributed by atoms with E-state index in [1.54, 1.807) is 0 Å². The number of hydrogen-bond donors (Lipinski definition) is 0. The summed E-state index contributed by atoms with van der Waals surface area (Å²) in [7, 11) is 0. The lowest BCUT2D eigenvalue weighted by molar-refractivity contribution is 0.967. The number of pyridine rings is 1. The van der Waals surface area contributed by atoms with Gasteiger partial charge in [-0.1, -0.05) is 6.07 Å². The third-order valence-electron chi connectivity index (χ3n) is 1.95. The first kappa shape index (κ1) is 7.17. The Labute approximate surface area is 71.2 Å². The van der Waals surface area contributed by atoms with Crippen LogP contribution in [0.1, 0.15) is 17.0 Å². The highest BCUT2D eigenvalue weighted by molar-refractivity contribution is 7.98. The molecule has 0 amide bonds. The van der Waals surface area contributed by atoms with Crippen LogP contribution in [0.15, 0.2) is 12.1 Å². The van der Waals surface area contributed by atoms with E-state index in [0.29, 0.717) is 0 Å². The highest BCUT2D eigenvalue weighted by Gasteiger charge is 2.09. The van der Waals surface area contributed by atoms with Crippen molar-refractivity contribution in [3.63, 3.8) is 0 Å².